The van der Waals surface area contributed by atoms with Crippen LogP contribution in [0.3, 0.4) is 0 Å². The number of amides is 1. The normalized spacial score (nSPS) is 16.0. The van der Waals surface area contributed by atoms with E-state index < -0.39 is 11.2 Å². The van der Waals surface area contributed by atoms with E-state index in [1.807, 2.05) is 48.5 Å². The summed E-state index contributed by atoms with van der Waals surface area (Å²) in [4.78, 5) is 25.7. The molecule has 1 aliphatic heterocycles. The highest BCUT2D eigenvalue weighted by atomic mass is 32.2. The number of ether oxygens (including phenoxy) is 1. The standard InChI is InChI=1S/C22H15NO4S/c24-21(12-20-22(25)23-16-6-2-4-8-19(16)28-20)26-13-9-10-18-15(11-13)14-5-1-3-7-17(14)27-18/h1-11,20H,12H2,(H,23,25). The minimum absolute atomic E-state index is 0.00495. The zero-order chi connectivity index (χ0) is 19.1. The van der Waals surface area contributed by atoms with Gasteiger partial charge < -0.3 is 14.5 Å². The Morgan fingerprint density at radius 1 is 1.00 bits per heavy atom. The molecule has 0 saturated carbocycles. The van der Waals surface area contributed by atoms with E-state index in [0.717, 1.165) is 32.5 Å². The zero-order valence-electron chi connectivity index (χ0n) is 14.7. The molecule has 6 heteroatoms. The Balaban J connectivity index is 1.34. The summed E-state index contributed by atoms with van der Waals surface area (Å²) in [7, 11) is 0. The van der Waals surface area contributed by atoms with Gasteiger partial charge in [0.15, 0.2) is 0 Å². The van der Waals surface area contributed by atoms with E-state index >= 15 is 0 Å². The molecule has 5 rings (SSSR count). The molecule has 2 heterocycles. The molecule has 0 radical (unpaired) electrons. The number of carbonyl (C=O) groups is 2. The molecule has 138 valence electrons. The van der Waals surface area contributed by atoms with Gasteiger partial charge in [-0.1, -0.05) is 30.3 Å². The molecule has 1 amide bonds. The third kappa shape index (κ3) is 3.01. The van der Waals surface area contributed by atoms with E-state index in [0.29, 0.717) is 5.75 Å². The van der Waals surface area contributed by atoms with Crippen LogP contribution in [0.1, 0.15) is 6.42 Å². The van der Waals surface area contributed by atoms with Crippen LogP contribution in [0.2, 0.25) is 0 Å². The summed E-state index contributed by atoms with van der Waals surface area (Å²) in [5, 5.41) is 4.18. The second-order valence-corrected chi connectivity index (χ2v) is 7.77. The van der Waals surface area contributed by atoms with Crippen molar-refractivity contribution in [2.45, 2.75) is 16.6 Å². The van der Waals surface area contributed by atoms with Gasteiger partial charge in [-0.2, -0.15) is 0 Å². The van der Waals surface area contributed by atoms with E-state index in [1.54, 1.807) is 18.2 Å². The molecule has 4 aromatic rings. The van der Waals surface area contributed by atoms with Crippen molar-refractivity contribution in [1.82, 2.24) is 0 Å². The van der Waals surface area contributed by atoms with Crippen molar-refractivity contribution in [2.75, 3.05) is 5.32 Å². The highest BCUT2D eigenvalue weighted by molar-refractivity contribution is 8.01. The van der Waals surface area contributed by atoms with E-state index in [2.05, 4.69) is 5.32 Å². The van der Waals surface area contributed by atoms with Crippen LogP contribution in [-0.2, 0) is 9.59 Å². The van der Waals surface area contributed by atoms with E-state index in [1.165, 1.54) is 11.8 Å². The number of benzene rings is 3. The lowest BCUT2D eigenvalue weighted by Crippen LogP contribution is -2.31. The maximum atomic E-state index is 12.4. The van der Waals surface area contributed by atoms with Crippen molar-refractivity contribution in [3.05, 3.63) is 66.7 Å². The van der Waals surface area contributed by atoms with Crippen LogP contribution in [0.4, 0.5) is 5.69 Å². The summed E-state index contributed by atoms with van der Waals surface area (Å²) in [6.45, 7) is 0. The number of esters is 1. The number of rotatable bonds is 3. The third-order valence-electron chi connectivity index (χ3n) is 4.64. The van der Waals surface area contributed by atoms with Gasteiger partial charge in [0.2, 0.25) is 5.91 Å². The monoisotopic (exact) mass is 389 g/mol. The third-order valence-corrected chi connectivity index (χ3v) is 5.91. The average Bonchev–Trinajstić information content (AvgIpc) is 3.06. The van der Waals surface area contributed by atoms with Gasteiger partial charge in [0.05, 0.1) is 17.4 Å². The highest BCUT2D eigenvalue weighted by Gasteiger charge is 2.29. The summed E-state index contributed by atoms with van der Waals surface area (Å²) in [5.41, 5.74) is 2.30. The lowest BCUT2D eigenvalue weighted by atomic mass is 10.1. The maximum absolute atomic E-state index is 12.4. The molecule has 0 spiro atoms. The van der Waals surface area contributed by atoms with Crippen LogP contribution < -0.4 is 10.1 Å². The zero-order valence-corrected chi connectivity index (χ0v) is 15.5. The number of para-hydroxylation sites is 2. The summed E-state index contributed by atoms with van der Waals surface area (Å²) < 4.78 is 11.3. The Morgan fingerprint density at radius 2 is 1.79 bits per heavy atom. The van der Waals surface area contributed by atoms with Gasteiger partial charge in [-0.25, -0.2) is 0 Å². The van der Waals surface area contributed by atoms with Gasteiger partial charge in [0, 0.05) is 15.7 Å². The van der Waals surface area contributed by atoms with Gasteiger partial charge in [0.25, 0.3) is 0 Å². The molecule has 0 saturated heterocycles. The summed E-state index contributed by atoms with van der Waals surface area (Å²) in [5.74, 6) is -0.193. The van der Waals surface area contributed by atoms with E-state index in [4.69, 9.17) is 9.15 Å². The number of thioether (sulfide) groups is 1. The number of carbonyl (C=O) groups excluding carboxylic acids is 2. The summed E-state index contributed by atoms with van der Waals surface area (Å²) in [6.07, 6.45) is -0.00495. The Bertz CT molecular complexity index is 1230. The lowest BCUT2D eigenvalue weighted by molar-refractivity contribution is -0.135. The Labute approximate surface area is 164 Å². The van der Waals surface area contributed by atoms with Crippen molar-refractivity contribution >= 4 is 51.3 Å². The molecule has 5 nitrogen and oxygen atoms in total. The number of anilines is 1. The van der Waals surface area contributed by atoms with Crippen LogP contribution in [0.15, 0.2) is 76.0 Å². The summed E-state index contributed by atoms with van der Waals surface area (Å²) >= 11 is 1.38. The number of nitrogens with one attached hydrogen (secondary N) is 1. The number of hydrogen-bond acceptors (Lipinski definition) is 5. The Hall–Kier alpha value is -3.25. The van der Waals surface area contributed by atoms with Crippen molar-refractivity contribution in [1.29, 1.82) is 0 Å². The van der Waals surface area contributed by atoms with Crippen molar-refractivity contribution in [3.8, 4) is 5.75 Å². The van der Waals surface area contributed by atoms with Crippen LogP contribution in [0.5, 0.6) is 5.75 Å². The Kier molecular flexibility index (Phi) is 4.06. The fraction of sp³-hybridized carbons (Fsp3) is 0.0909. The maximum Gasteiger partial charge on any atom is 0.312 e. The number of fused-ring (bicyclic) bond motifs is 4. The molecule has 1 aliphatic rings. The van der Waals surface area contributed by atoms with Gasteiger partial charge in [0.1, 0.15) is 16.9 Å². The quantitative estimate of drug-likeness (QED) is 0.395. The van der Waals surface area contributed by atoms with Gasteiger partial charge >= 0.3 is 5.97 Å². The van der Waals surface area contributed by atoms with Crippen LogP contribution in [-0.4, -0.2) is 17.1 Å². The fourth-order valence-electron chi connectivity index (χ4n) is 3.32. The van der Waals surface area contributed by atoms with Gasteiger partial charge in [-0.3, -0.25) is 9.59 Å². The first-order valence-electron chi connectivity index (χ1n) is 8.86. The topological polar surface area (TPSA) is 68.5 Å². The van der Waals surface area contributed by atoms with Crippen LogP contribution in [0.25, 0.3) is 21.9 Å². The highest BCUT2D eigenvalue weighted by Crippen LogP contribution is 2.37. The molecule has 3 aromatic carbocycles. The predicted octanol–water partition coefficient (Wildman–Crippen LogP) is 4.99. The smallest absolute Gasteiger partial charge is 0.312 e. The first-order chi connectivity index (χ1) is 13.7. The van der Waals surface area contributed by atoms with Gasteiger partial charge in [-0.15, -0.1) is 11.8 Å². The molecule has 1 atom stereocenters. The Morgan fingerprint density at radius 3 is 2.71 bits per heavy atom. The average molecular weight is 389 g/mol. The minimum Gasteiger partial charge on any atom is -0.456 e. The fourth-order valence-corrected chi connectivity index (χ4v) is 4.42. The molecule has 0 fully saturated rings. The molecule has 1 aromatic heterocycles. The predicted molar refractivity (Wildman–Crippen MR) is 109 cm³/mol. The van der Waals surface area contributed by atoms with Crippen molar-refractivity contribution in [2.24, 2.45) is 0 Å². The summed E-state index contributed by atoms with van der Waals surface area (Å²) in [6, 6.07) is 20.5. The minimum atomic E-state index is -0.513. The number of hydrogen-bond donors (Lipinski definition) is 1. The van der Waals surface area contributed by atoms with Crippen LogP contribution in [0, 0.1) is 0 Å². The number of furan rings is 1. The van der Waals surface area contributed by atoms with E-state index in [-0.39, 0.29) is 12.3 Å². The second kappa shape index (κ2) is 6.73. The SMILES string of the molecule is O=C(CC1Sc2ccccc2NC1=O)Oc1ccc2oc3ccccc3c2c1. The first kappa shape index (κ1) is 16.9. The first-order valence-corrected chi connectivity index (χ1v) is 9.74. The largest absolute Gasteiger partial charge is 0.456 e. The molecule has 1 unspecified atom stereocenters. The second-order valence-electron chi connectivity index (χ2n) is 6.53. The molecule has 0 bridgehead atoms. The molecule has 1 N–H and O–H groups in total. The lowest BCUT2D eigenvalue weighted by Gasteiger charge is -2.23. The molecule has 28 heavy (non-hydrogen) atoms. The molecule has 0 aliphatic carbocycles. The molecular formula is C22H15NO4S. The molecular weight excluding hydrogens is 374 g/mol. The van der Waals surface area contributed by atoms with Gasteiger partial charge in [-0.05, 0) is 36.4 Å². The van der Waals surface area contributed by atoms with Crippen LogP contribution >= 0.6 is 11.8 Å². The van der Waals surface area contributed by atoms with Crippen molar-refractivity contribution < 1.29 is 18.7 Å². The van der Waals surface area contributed by atoms with Crippen molar-refractivity contribution in [3.63, 3.8) is 0 Å². The van der Waals surface area contributed by atoms with E-state index in [9.17, 15) is 9.59 Å².